The minimum Gasteiger partial charge on any atom is -0.349 e. The number of nitrogens with zero attached hydrogens (tertiary/aromatic N) is 1. The van der Waals surface area contributed by atoms with Crippen LogP contribution in [-0.4, -0.2) is 35.8 Å². The Balaban J connectivity index is 1.57. The van der Waals surface area contributed by atoms with Crippen molar-refractivity contribution in [2.75, 3.05) is 13.1 Å². The molecule has 1 N–H and O–H groups in total. The first-order valence-electron chi connectivity index (χ1n) is 8.29. The van der Waals surface area contributed by atoms with Crippen molar-refractivity contribution in [2.45, 2.75) is 23.8 Å². The van der Waals surface area contributed by atoms with Gasteiger partial charge in [-0.1, -0.05) is 35.3 Å². The summed E-state index contributed by atoms with van der Waals surface area (Å²) in [6.07, 6.45) is 1.40. The number of nitrogens with one attached hydrogen (secondary N) is 1. The largest absolute Gasteiger partial charge is 0.349 e. The van der Waals surface area contributed by atoms with E-state index in [9.17, 15) is 9.59 Å². The maximum atomic E-state index is 12.6. The molecule has 4 nitrogen and oxygen atoms in total. The summed E-state index contributed by atoms with van der Waals surface area (Å²) in [6.45, 7) is 1.18. The third kappa shape index (κ3) is 4.34. The van der Waals surface area contributed by atoms with Crippen LogP contribution in [0.25, 0.3) is 0 Å². The predicted molar refractivity (Wildman–Crippen MR) is 107 cm³/mol. The number of piperidine rings is 1. The summed E-state index contributed by atoms with van der Waals surface area (Å²) in [4.78, 5) is 27.4. The molecule has 1 aliphatic rings. The Bertz CT molecular complexity index is 836. The van der Waals surface area contributed by atoms with Gasteiger partial charge < -0.3 is 10.2 Å². The number of carbonyl (C=O) groups is 2. The number of halogens is 2. The molecule has 0 radical (unpaired) electrons. The van der Waals surface area contributed by atoms with Gasteiger partial charge in [0.2, 0.25) is 0 Å². The van der Waals surface area contributed by atoms with Gasteiger partial charge in [-0.3, -0.25) is 9.59 Å². The van der Waals surface area contributed by atoms with Gasteiger partial charge in [-0.25, -0.2) is 0 Å². The first kappa shape index (κ1) is 19.1. The van der Waals surface area contributed by atoms with E-state index in [2.05, 4.69) is 17.9 Å². The van der Waals surface area contributed by atoms with Gasteiger partial charge in [0.15, 0.2) is 0 Å². The SMILES string of the molecule is O=C(NC1CCN(C(=O)c2ccccc2S)CC1)c1ccc(Cl)c(Cl)c1. The van der Waals surface area contributed by atoms with Crippen LogP contribution >= 0.6 is 35.8 Å². The Morgan fingerprint density at radius 2 is 1.73 bits per heavy atom. The zero-order chi connectivity index (χ0) is 18.7. The summed E-state index contributed by atoms with van der Waals surface area (Å²) < 4.78 is 0. The Morgan fingerprint density at radius 3 is 2.38 bits per heavy atom. The lowest BCUT2D eigenvalue weighted by Crippen LogP contribution is -2.46. The third-order valence-electron chi connectivity index (χ3n) is 4.43. The smallest absolute Gasteiger partial charge is 0.254 e. The minimum absolute atomic E-state index is 0.0206. The Kier molecular flexibility index (Phi) is 6.12. The van der Waals surface area contributed by atoms with E-state index < -0.39 is 0 Å². The maximum Gasteiger partial charge on any atom is 0.254 e. The molecule has 1 saturated heterocycles. The molecule has 0 aromatic heterocycles. The van der Waals surface area contributed by atoms with Crippen LogP contribution in [-0.2, 0) is 0 Å². The summed E-state index contributed by atoms with van der Waals surface area (Å²) in [5.74, 6) is -0.209. The highest BCUT2D eigenvalue weighted by molar-refractivity contribution is 7.80. The van der Waals surface area contributed by atoms with Gasteiger partial charge in [0.05, 0.1) is 15.6 Å². The molecule has 7 heteroatoms. The summed E-state index contributed by atoms with van der Waals surface area (Å²) >= 11 is 16.2. The number of likely N-dealkylation sites (tertiary alicyclic amines) is 1. The summed E-state index contributed by atoms with van der Waals surface area (Å²) in [7, 11) is 0. The van der Waals surface area contributed by atoms with Crippen LogP contribution < -0.4 is 5.32 Å². The normalized spacial score (nSPS) is 15.0. The fraction of sp³-hybridized carbons (Fsp3) is 0.263. The molecule has 2 aromatic carbocycles. The molecule has 136 valence electrons. The Morgan fingerprint density at radius 1 is 1.04 bits per heavy atom. The van der Waals surface area contributed by atoms with E-state index in [0.29, 0.717) is 52.0 Å². The molecule has 0 bridgehead atoms. The van der Waals surface area contributed by atoms with E-state index in [1.165, 1.54) is 0 Å². The number of amides is 2. The van der Waals surface area contributed by atoms with E-state index in [1.807, 2.05) is 12.1 Å². The molecule has 1 heterocycles. The number of benzene rings is 2. The van der Waals surface area contributed by atoms with Crippen molar-refractivity contribution in [1.82, 2.24) is 10.2 Å². The second-order valence-electron chi connectivity index (χ2n) is 6.19. The summed E-state index contributed by atoms with van der Waals surface area (Å²) in [5, 5.41) is 3.77. The van der Waals surface area contributed by atoms with Crippen molar-refractivity contribution in [2.24, 2.45) is 0 Å². The van der Waals surface area contributed by atoms with Gasteiger partial charge in [0.25, 0.3) is 11.8 Å². The highest BCUT2D eigenvalue weighted by atomic mass is 35.5. The predicted octanol–water partition coefficient (Wildman–Crippen LogP) is 4.32. The van der Waals surface area contributed by atoms with Crippen molar-refractivity contribution in [3.05, 3.63) is 63.6 Å². The van der Waals surface area contributed by atoms with E-state index in [4.69, 9.17) is 23.2 Å². The molecule has 0 spiro atoms. The second-order valence-corrected chi connectivity index (χ2v) is 7.48. The third-order valence-corrected chi connectivity index (χ3v) is 5.56. The van der Waals surface area contributed by atoms with Crippen molar-refractivity contribution in [3.63, 3.8) is 0 Å². The van der Waals surface area contributed by atoms with Crippen LogP contribution in [0.1, 0.15) is 33.6 Å². The number of thiol groups is 1. The summed E-state index contributed by atoms with van der Waals surface area (Å²) in [5.41, 5.74) is 1.08. The van der Waals surface area contributed by atoms with Crippen LogP contribution in [0, 0.1) is 0 Å². The lowest BCUT2D eigenvalue weighted by molar-refractivity contribution is 0.0695. The lowest BCUT2D eigenvalue weighted by atomic mass is 10.0. The molecule has 0 aliphatic carbocycles. The molecule has 0 atom stereocenters. The van der Waals surface area contributed by atoms with Gasteiger partial charge in [-0.05, 0) is 43.2 Å². The van der Waals surface area contributed by atoms with Gasteiger partial charge in [-0.15, -0.1) is 12.6 Å². The fourth-order valence-electron chi connectivity index (χ4n) is 2.96. The molecule has 1 aliphatic heterocycles. The van der Waals surface area contributed by atoms with E-state index in [0.717, 1.165) is 0 Å². The highest BCUT2D eigenvalue weighted by Gasteiger charge is 2.25. The number of carbonyl (C=O) groups excluding carboxylic acids is 2. The minimum atomic E-state index is -0.186. The van der Waals surface area contributed by atoms with Crippen LogP contribution in [0.5, 0.6) is 0 Å². The molecule has 2 aromatic rings. The van der Waals surface area contributed by atoms with Crippen LogP contribution in [0.2, 0.25) is 10.0 Å². The molecule has 2 amide bonds. The average Bonchev–Trinajstić information content (AvgIpc) is 2.64. The van der Waals surface area contributed by atoms with Crippen molar-refractivity contribution in [3.8, 4) is 0 Å². The first-order chi connectivity index (χ1) is 12.5. The molecule has 3 rings (SSSR count). The standard InChI is InChI=1S/C19H18Cl2N2O2S/c20-15-6-5-12(11-16(15)21)18(24)22-13-7-9-23(10-8-13)19(25)14-3-1-2-4-17(14)26/h1-6,11,13,26H,7-10H2,(H,22,24). The Hall–Kier alpha value is -1.69. The second kappa shape index (κ2) is 8.33. The summed E-state index contributed by atoms with van der Waals surface area (Å²) in [6, 6.07) is 12.1. The number of hydrogen-bond acceptors (Lipinski definition) is 3. The number of hydrogen-bond donors (Lipinski definition) is 2. The van der Waals surface area contributed by atoms with Gasteiger partial charge >= 0.3 is 0 Å². The van der Waals surface area contributed by atoms with Gasteiger partial charge in [0.1, 0.15) is 0 Å². The Labute approximate surface area is 167 Å². The maximum absolute atomic E-state index is 12.6. The molecule has 0 saturated carbocycles. The molecular formula is C19H18Cl2N2O2S. The quantitative estimate of drug-likeness (QED) is 0.742. The lowest BCUT2D eigenvalue weighted by Gasteiger charge is -2.32. The monoisotopic (exact) mass is 408 g/mol. The van der Waals surface area contributed by atoms with Crippen molar-refractivity contribution >= 4 is 47.6 Å². The fourth-order valence-corrected chi connectivity index (χ4v) is 3.51. The van der Waals surface area contributed by atoms with Crippen LogP contribution in [0.15, 0.2) is 47.4 Å². The van der Waals surface area contributed by atoms with E-state index in [1.54, 1.807) is 35.2 Å². The molecule has 0 unspecified atom stereocenters. The van der Waals surface area contributed by atoms with Crippen LogP contribution in [0.4, 0.5) is 0 Å². The molecule has 26 heavy (non-hydrogen) atoms. The molecular weight excluding hydrogens is 391 g/mol. The zero-order valence-corrected chi connectivity index (χ0v) is 16.3. The zero-order valence-electron chi connectivity index (χ0n) is 13.9. The van der Waals surface area contributed by atoms with Crippen LogP contribution in [0.3, 0.4) is 0 Å². The topological polar surface area (TPSA) is 49.4 Å². The van der Waals surface area contributed by atoms with Gasteiger partial charge in [0, 0.05) is 29.6 Å². The first-order valence-corrected chi connectivity index (χ1v) is 9.49. The number of rotatable bonds is 3. The average molecular weight is 409 g/mol. The van der Waals surface area contributed by atoms with E-state index >= 15 is 0 Å². The van der Waals surface area contributed by atoms with Crippen molar-refractivity contribution in [1.29, 1.82) is 0 Å². The molecule has 1 fully saturated rings. The van der Waals surface area contributed by atoms with Gasteiger partial charge in [-0.2, -0.15) is 0 Å². The van der Waals surface area contributed by atoms with E-state index in [-0.39, 0.29) is 17.9 Å². The highest BCUT2D eigenvalue weighted by Crippen LogP contribution is 2.23. The van der Waals surface area contributed by atoms with Crippen molar-refractivity contribution < 1.29 is 9.59 Å².